The number of aliphatic hydroxyl groups is 1. The summed E-state index contributed by atoms with van der Waals surface area (Å²) < 4.78 is 16.2. The number of nitrogens with zero attached hydrogens (tertiary/aromatic N) is 2. The average molecular weight is 288 g/mol. The van der Waals surface area contributed by atoms with E-state index in [0.717, 1.165) is 13.1 Å². The van der Waals surface area contributed by atoms with Gasteiger partial charge in [0.2, 0.25) is 0 Å². The predicted octanol–water partition coefficient (Wildman–Crippen LogP) is 2.67. The van der Waals surface area contributed by atoms with Gasteiger partial charge in [0, 0.05) is 31.0 Å². The highest BCUT2D eigenvalue weighted by Crippen LogP contribution is 2.38. The lowest BCUT2D eigenvalue weighted by Gasteiger charge is -2.42. The van der Waals surface area contributed by atoms with E-state index in [0.29, 0.717) is 18.4 Å². The number of hydrogen-bond acceptors (Lipinski definition) is 2. The van der Waals surface area contributed by atoms with Crippen LogP contribution >= 0.6 is 0 Å². The first-order chi connectivity index (χ1) is 10.1. The molecule has 1 aromatic carbocycles. The lowest BCUT2D eigenvalue weighted by atomic mass is 9.80. The summed E-state index contributed by atoms with van der Waals surface area (Å²) in [5, 5.41) is 11.2. The highest BCUT2D eigenvalue weighted by molar-refractivity contribution is 5.26. The molecule has 0 saturated carbocycles. The molecule has 0 bridgehead atoms. The largest absolute Gasteiger partial charge is 0.387 e. The molecule has 2 heterocycles. The van der Waals surface area contributed by atoms with Gasteiger partial charge in [-0.15, -0.1) is 0 Å². The molecule has 0 aliphatic carbocycles. The van der Waals surface area contributed by atoms with Gasteiger partial charge in [-0.25, -0.2) is 4.39 Å². The summed E-state index contributed by atoms with van der Waals surface area (Å²) in [6.07, 6.45) is 5.07. The highest BCUT2D eigenvalue weighted by Gasteiger charge is 2.41. The molecule has 1 N–H and O–H groups in total. The van der Waals surface area contributed by atoms with Gasteiger partial charge in [0.15, 0.2) is 0 Å². The zero-order valence-corrected chi connectivity index (χ0v) is 12.2. The van der Waals surface area contributed by atoms with Crippen LogP contribution in [0.5, 0.6) is 0 Å². The first-order valence-corrected chi connectivity index (χ1v) is 7.38. The molecule has 1 unspecified atom stereocenters. The summed E-state index contributed by atoms with van der Waals surface area (Å²) in [4.78, 5) is 2.20. The third-order valence-electron chi connectivity index (χ3n) is 4.49. The van der Waals surface area contributed by atoms with Crippen molar-refractivity contribution in [3.05, 3.63) is 60.2 Å². The van der Waals surface area contributed by atoms with E-state index >= 15 is 0 Å². The molecule has 0 amide bonds. The van der Waals surface area contributed by atoms with Gasteiger partial charge < -0.3 is 14.6 Å². The van der Waals surface area contributed by atoms with Crippen molar-refractivity contribution in [2.24, 2.45) is 0 Å². The first kappa shape index (κ1) is 14.3. The van der Waals surface area contributed by atoms with Gasteiger partial charge in [0.05, 0.1) is 11.6 Å². The lowest BCUT2D eigenvalue weighted by molar-refractivity contribution is -0.0467. The molecule has 1 aromatic heterocycles. The molecule has 21 heavy (non-hydrogen) atoms. The minimum absolute atomic E-state index is 0.261. The fourth-order valence-corrected chi connectivity index (χ4v) is 3.22. The van der Waals surface area contributed by atoms with Crippen molar-refractivity contribution in [1.29, 1.82) is 0 Å². The van der Waals surface area contributed by atoms with Crippen molar-refractivity contribution in [2.75, 3.05) is 20.1 Å². The van der Waals surface area contributed by atoms with Crippen LogP contribution in [0.1, 0.15) is 24.4 Å². The monoisotopic (exact) mass is 288 g/mol. The molecular formula is C17H21FN2O. The Balaban J connectivity index is 2.03. The molecule has 0 spiro atoms. The van der Waals surface area contributed by atoms with E-state index in [1.165, 1.54) is 6.07 Å². The average Bonchev–Trinajstić information content (AvgIpc) is 2.99. The van der Waals surface area contributed by atoms with Gasteiger partial charge in [-0.3, -0.25) is 0 Å². The molecular weight excluding hydrogens is 267 g/mol. The van der Waals surface area contributed by atoms with Gasteiger partial charge in [-0.2, -0.15) is 0 Å². The Morgan fingerprint density at radius 2 is 1.71 bits per heavy atom. The number of benzene rings is 1. The van der Waals surface area contributed by atoms with Crippen LogP contribution in [0, 0.1) is 5.82 Å². The van der Waals surface area contributed by atoms with Crippen molar-refractivity contribution < 1.29 is 9.50 Å². The van der Waals surface area contributed by atoms with Crippen LogP contribution in [-0.2, 0) is 0 Å². The lowest BCUT2D eigenvalue weighted by Crippen LogP contribution is -2.48. The summed E-state index contributed by atoms with van der Waals surface area (Å²) >= 11 is 0. The van der Waals surface area contributed by atoms with Crippen LogP contribution < -0.4 is 0 Å². The highest BCUT2D eigenvalue weighted by atomic mass is 19.1. The predicted molar refractivity (Wildman–Crippen MR) is 80.7 cm³/mol. The van der Waals surface area contributed by atoms with E-state index in [1.54, 1.807) is 12.1 Å². The third-order valence-corrected chi connectivity index (χ3v) is 4.49. The quantitative estimate of drug-likeness (QED) is 0.940. The molecule has 1 fully saturated rings. The van der Waals surface area contributed by atoms with Crippen LogP contribution in [0.4, 0.5) is 4.39 Å². The van der Waals surface area contributed by atoms with Crippen LogP contribution in [-0.4, -0.2) is 40.3 Å². The van der Waals surface area contributed by atoms with Crippen molar-refractivity contribution >= 4 is 0 Å². The van der Waals surface area contributed by atoms with Gasteiger partial charge in [-0.05, 0) is 38.1 Å². The Hall–Kier alpha value is -1.65. The summed E-state index contributed by atoms with van der Waals surface area (Å²) in [5.74, 6) is -0.261. The van der Waals surface area contributed by atoms with Gasteiger partial charge in [0.1, 0.15) is 5.82 Å². The second-order valence-corrected chi connectivity index (χ2v) is 5.96. The van der Waals surface area contributed by atoms with E-state index in [1.807, 2.05) is 42.2 Å². The Bertz CT molecular complexity index is 589. The number of piperidine rings is 1. The van der Waals surface area contributed by atoms with Crippen LogP contribution in [0.3, 0.4) is 0 Å². The standard InChI is InChI=1S/C17H21FN2O/c1-19-12-8-17(21,9-13-19)16(20-10-4-5-11-20)14-6-2-3-7-15(14)18/h2-7,10-11,16,21H,8-9,12-13H2,1H3. The number of halogens is 1. The van der Waals surface area contributed by atoms with E-state index < -0.39 is 5.60 Å². The summed E-state index contributed by atoms with van der Waals surface area (Å²) in [5.41, 5.74) is -0.367. The second-order valence-electron chi connectivity index (χ2n) is 5.96. The minimum atomic E-state index is -0.923. The van der Waals surface area contributed by atoms with Crippen molar-refractivity contribution in [3.63, 3.8) is 0 Å². The number of aromatic nitrogens is 1. The maximum Gasteiger partial charge on any atom is 0.128 e. The van der Waals surface area contributed by atoms with Gasteiger partial charge in [0.25, 0.3) is 0 Å². The van der Waals surface area contributed by atoms with E-state index in [-0.39, 0.29) is 11.9 Å². The molecule has 1 aliphatic rings. The molecule has 0 radical (unpaired) electrons. The summed E-state index contributed by atoms with van der Waals surface area (Å²) in [7, 11) is 2.05. The van der Waals surface area contributed by atoms with E-state index in [2.05, 4.69) is 4.90 Å². The molecule has 1 atom stereocenters. The van der Waals surface area contributed by atoms with Crippen molar-refractivity contribution in [1.82, 2.24) is 9.47 Å². The molecule has 112 valence electrons. The third kappa shape index (κ3) is 2.74. The SMILES string of the molecule is CN1CCC(O)(C(c2ccccc2F)n2cccc2)CC1. The Kier molecular flexibility index (Phi) is 3.83. The Morgan fingerprint density at radius 1 is 1.10 bits per heavy atom. The van der Waals surface area contributed by atoms with Gasteiger partial charge in [-0.1, -0.05) is 18.2 Å². The Labute approximate surface area is 124 Å². The van der Waals surface area contributed by atoms with Crippen LogP contribution in [0.25, 0.3) is 0 Å². The maximum atomic E-state index is 14.3. The van der Waals surface area contributed by atoms with Gasteiger partial charge >= 0.3 is 0 Å². The molecule has 2 aromatic rings. The molecule has 3 rings (SSSR count). The van der Waals surface area contributed by atoms with Crippen LogP contribution in [0.15, 0.2) is 48.8 Å². The number of hydrogen-bond donors (Lipinski definition) is 1. The number of likely N-dealkylation sites (tertiary alicyclic amines) is 1. The summed E-state index contributed by atoms with van der Waals surface area (Å²) in [6.45, 7) is 1.64. The Morgan fingerprint density at radius 3 is 2.33 bits per heavy atom. The van der Waals surface area contributed by atoms with Crippen LogP contribution in [0.2, 0.25) is 0 Å². The zero-order chi connectivity index (χ0) is 14.9. The topological polar surface area (TPSA) is 28.4 Å². The smallest absolute Gasteiger partial charge is 0.128 e. The molecule has 4 heteroatoms. The van der Waals surface area contributed by atoms with Crippen molar-refractivity contribution in [3.8, 4) is 0 Å². The number of rotatable bonds is 3. The fourth-order valence-electron chi connectivity index (χ4n) is 3.22. The molecule has 1 aliphatic heterocycles. The normalized spacial score (nSPS) is 20.3. The first-order valence-electron chi connectivity index (χ1n) is 7.38. The minimum Gasteiger partial charge on any atom is -0.387 e. The zero-order valence-electron chi connectivity index (χ0n) is 12.2. The maximum absolute atomic E-state index is 14.3. The van der Waals surface area contributed by atoms with E-state index in [9.17, 15) is 9.50 Å². The van der Waals surface area contributed by atoms with E-state index in [4.69, 9.17) is 0 Å². The molecule has 3 nitrogen and oxygen atoms in total. The molecule has 1 saturated heterocycles. The fraction of sp³-hybridized carbons (Fsp3) is 0.412. The van der Waals surface area contributed by atoms with Crippen molar-refractivity contribution in [2.45, 2.75) is 24.5 Å². The second kappa shape index (κ2) is 5.62. The summed E-state index contributed by atoms with van der Waals surface area (Å²) in [6, 6.07) is 10.2.